The van der Waals surface area contributed by atoms with Gasteiger partial charge in [0.1, 0.15) is 12.4 Å². The number of piperazine rings is 1. The van der Waals surface area contributed by atoms with Gasteiger partial charge in [-0.2, -0.15) is 4.31 Å². The summed E-state index contributed by atoms with van der Waals surface area (Å²) in [7, 11) is -3.60. The number of anilines is 1. The predicted molar refractivity (Wildman–Crippen MR) is 116 cm³/mol. The highest BCUT2D eigenvalue weighted by Crippen LogP contribution is 2.27. The normalized spacial score (nSPS) is 17.6. The fourth-order valence-electron chi connectivity index (χ4n) is 3.63. The number of carbonyl (C=O) groups is 1. The number of hydrogen-bond acceptors (Lipinski definition) is 5. The Labute approximate surface area is 177 Å². The van der Waals surface area contributed by atoms with E-state index in [0.717, 1.165) is 30.9 Å². The zero-order valence-electron chi connectivity index (χ0n) is 16.9. The summed E-state index contributed by atoms with van der Waals surface area (Å²) < 4.78 is 33.2. The van der Waals surface area contributed by atoms with Gasteiger partial charge in [0.05, 0.1) is 10.5 Å². The van der Waals surface area contributed by atoms with E-state index in [-0.39, 0.29) is 17.4 Å². The van der Waals surface area contributed by atoms with Gasteiger partial charge in [-0.05, 0) is 36.9 Å². The molecule has 0 aliphatic carbocycles. The van der Waals surface area contributed by atoms with Crippen LogP contribution >= 0.6 is 0 Å². The summed E-state index contributed by atoms with van der Waals surface area (Å²) in [6.07, 6.45) is 1.79. The molecule has 1 fully saturated rings. The molecule has 0 spiro atoms. The van der Waals surface area contributed by atoms with Crippen molar-refractivity contribution in [3.05, 3.63) is 59.7 Å². The van der Waals surface area contributed by atoms with Gasteiger partial charge in [-0.1, -0.05) is 31.2 Å². The Hall–Kier alpha value is -2.68. The molecule has 2 aromatic carbocycles. The van der Waals surface area contributed by atoms with E-state index in [1.807, 2.05) is 24.3 Å². The van der Waals surface area contributed by atoms with E-state index in [1.54, 1.807) is 24.3 Å². The number of likely N-dealkylation sites (N-methyl/N-ethyl adjacent to an activating group) is 1. The van der Waals surface area contributed by atoms with E-state index in [4.69, 9.17) is 4.74 Å². The molecule has 0 radical (unpaired) electrons. The van der Waals surface area contributed by atoms with Gasteiger partial charge >= 0.3 is 0 Å². The van der Waals surface area contributed by atoms with Crippen molar-refractivity contribution in [2.45, 2.75) is 11.8 Å². The van der Waals surface area contributed by atoms with Crippen LogP contribution in [0.2, 0.25) is 0 Å². The van der Waals surface area contributed by atoms with Gasteiger partial charge in [0, 0.05) is 37.4 Å². The van der Waals surface area contributed by atoms with E-state index >= 15 is 0 Å². The zero-order valence-corrected chi connectivity index (χ0v) is 17.7. The summed E-state index contributed by atoms with van der Waals surface area (Å²) in [6, 6.07) is 13.9. The minimum absolute atomic E-state index is 0.169. The fourth-order valence-corrected chi connectivity index (χ4v) is 5.10. The number of sulfonamides is 1. The maximum atomic E-state index is 13.0. The van der Waals surface area contributed by atoms with Crippen molar-refractivity contribution < 1.29 is 17.9 Å². The predicted octanol–water partition coefficient (Wildman–Crippen LogP) is 2.43. The van der Waals surface area contributed by atoms with Gasteiger partial charge in [-0.3, -0.25) is 4.79 Å². The molecule has 1 amide bonds. The quantitative estimate of drug-likeness (QED) is 0.793. The molecule has 1 saturated heterocycles. The molecule has 30 heavy (non-hydrogen) atoms. The Bertz CT molecular complexity index is 1070. The van der Waals surface area contributed by atoms with Gasteiger partial charge < -0.3 is 15.0 Å². The summed E-state index contributed by atoms with van der Waals surface area (Å²) in [5.41, 5.74) is 1.77. The lowest BCUT2D eigenvalue weighted by Crippen LogP contribution is -2.48. The van der Waals surface area contributed by atoms with Crippen molar-refractivity contribution in [3.63, 3.8) is 0 Å². The van der Waals surface area contributed by atoms with E-state index < -0.39 is 10.0 Å². The first-order chi connectivity index (χ1) is 14.5. The number of carbonyl (C=O) groups excluding carboxylic acids is 1. The number of ether oxygens (including phenoxy) is 1. The average Bonchev–Trinajstić information content (AvgIpc) is 2.79. The number of fused-ring (bicyclic) bond motifs is 1. The van der Waals surface area contributed by atoms with Gasteiger partial charge in [-0.15, -0.1) is 0 Å². The number of para-hydroxylation sites is 1. The lowest BCUT2D eigenvalue weighted by Gasteiger charge is -2.33. The lowest BCUT2D eigenvalue weighted by atomic mass is 10.1. The number of nitrogens with zero attached hydrogens (tertiary/aromatic N) is 2. The number of rotatable bonds is 5. The molecule has 1 N–H and O–H groups in total. The molecule has 0 bridgehead atoms. The smallest absolute Gasteiger partial charge is 0.255 e. The maximum absolute atomic E-state index is 13.0. The zero-order chi connectivity index (χ0) is 21.1. The largest absolute Gasteiger partial charge is 0.488 e. The Morgan fingerprint density at radius 2 is 1.83 bits per heavy atom. The molecule has 0 saturated carbocycles. The van der Waals surface area contributed by atoms with E-state index in [2.05, 4.69) is 17.1 Å². The Morgan fingerprint density at radius 1 is 1.07 bits per heavy atom. The average molecular weight is 428 g/mol. The van der Waals surface area contributed by atoms with Crippen molar-refractivity contribution in [2.75, 3.05) is 44.6 Å². The molecule has 8 heteroatoms. The third kappa shape index (κ3) is 4.26. The van der Waals surface area contributed by atoms with Crippen molar-refractivity contribution in [3.8, 4) is 5.75 Å². The second kappa shape index (κ2) is 8.59. The van der Waals surface area contributed by atoms with Crippen LogP contribution in [0.15, 0.2) is 59.0 Å². The van der Waals surface area contributed by atoms with Gasteiger partial charge in [0.25, 0.3) is 5.91 Å². The maximum Gasteiger partial charge on any atom is 0.255 e. The Morgan fingerprint density at radius 3 is 2.60 bits per heavy atom. The summed E-state index contributed by atoms with van der Waals surface area (Å²) >= 11 is 0. The van der Waals surface area contributed by atoms with Crippen LogP contribution in [0.3, 0.4) is 0 Å². The van der Waals surface area contributed by atoms with Crippen molar-refractivity contribution >= 4 is 27.7 Å². The molecular formula is C22H25N3O4S. The van der Waals surface area contributed by atoms with Gasteiger partial charge in [-0.25, -0.2) is 8.42 Å². The Kier molecular flexibility index (Phi) is 5.90. The van der Waals surface area contributed by atoms with Crippen LogP contribution in [-0.2, 0) is 14.8 Å². The highest BCUT2D eigenvalue weighted by molar-refractivity contribution is 7.89. The van der Waals surface area contributed by atoms with Gasteiger partial charge in [0.15, 0.2) is 0 Å². The molecule has 2 aliphatic rings. The second-order valence-electron chi connectivity index (χ2n) is 7.32. The number of benzene rings is 2. The van der Waals surface area contributed by atoms with E-state index in [9.17, 15) is 13.2 Å². The molecule has 2 aromatic rings. The molecule has 2 aliphatic heterocycles. The fraction of sp³-hybridized carbons (Fsp3) is 0.318. The minimum Gasteiger partial charge on any atom is -0.488 e. The van der Waals surface area contributed by atoms with E-state index in [1.165, 1.54) is 10.4 Å². The van der Waals surface area contributed by atoms with Gasteiger partial charge in [0.2, 0.25) is 10.0 Å². The van der Waals surface area contributed by atoms with Crippen molar-refractivity contribution in [1.29, 1.82) is 0 Å². The van der Waals surface area contributed by atoms with Crippen LogP contribution in [0, 0.1) is 0 Å². The third-order valence-electron chi connectivity index (χ3n) is 5.43. The molecule has 0 atom stereocenters. The van der Waals surface area contributed by atoms with E-state index in [0.29, 0.717) is 24.4 Å². The first-order valence-electron chi connectivity index (χ1n) is 10.0. The van der Waals surface area contributed by atoms with Crippen LogP contribution in [-0.4, -0.2) is 62.9 Å². The summed E-state index contributed by atoms with van der Waals surface area (Å²) in [4.78, 5) is 15.1. The van der Waals surface area contributed by atoms with Crippen LogP contribution in [0.5, 0.6) is 5.75 Å². The topological polar surface area (TPSA) is 79.0 Å². The number of nitrogens with one attached hydrogen (secondary N) is 1. The SMILES string of the molecule is CCN1CCN(S(=O)(=O)c2cccc(NC(=O)C3=Cc4ccccc4OC3)c2)CC1. The molecule has 158 valence electrons. The molecule has 7 nitrogen and oxygen atoms in total. The minimum atomic E-state index is -3.60. The molecule has 2 heterocycles. The lowest BCUT2D eigenvalue weighted by molar-refractivity contribution is -0.113. The third-order valence-corrected chi connectivity index (χ3v) is 7.33. The van der Waals surface area contributed by atoms with Crippen molar-refractivity contribution in [2.24, 2.45) is 0 Å². The second-order valence-corrected chi connectivity index (χ2v) is 9.25. The summed E-state index contributed by atoms with van der Waals surface area (Å²) in [6.45, 7) is 5.54. The number of hydrogen-bond donors (Lipinski definition) is 1. The first-order valence-corrected chi connectivity index (χ1v) is 11.5. The number of amides is 1. The standard InChI is InChI=1S/C22H25N3O4S/c1-2-24-10-12-25(13-11-24)30(27,28)20-8-5-7-19(15-20)23-22(26)18-14-17-6-3-4-9-21(17)29-16-18/h3-9,14-15H,2,10-13,16H2,1H3,(H,23,26). The monoisotopic (exact) mass is 427 g/mol. The Balaban J connectivity index is 1.49. The van der Waals surface area contributed by atoms with Crippen LogP contribution in [0.25, 0.3) is 6.08 Å². The molecule has 0 unspecified atom stereocenters. The summed E-state index contributed by atoms with van der Waals surface area (Å²) in [5.74, 6) is 0.431. The first kappa shape index (κ1) is 20.6. The van der Waals surface area contributed by atoms with Crippen LogP contribution in [0.1, 0.15) is 12.5 Å². The van der Waals surface area contributed by atoms with Crippen LogP contribution < -0.4 is 10.1 Å². The van der Waals surface area contributed by atoms with Crippen molar-refractivity contribution in [1.82, 2.24) is 9.21 Å². The molecule has 4 rings (SSSR count). The summed E-state index contributed by atoms with van der Waals surface area (Å²) in [5, 5.41) is 2.80. The molecular weight excluding hydrogens is 402 g/mol. The highest BCUT2D eigenvalue weighted by atomic mass is 32.2. The molecule has 0 aromatic heterocycles. The highest BCUT2D eigenvalue weighted by Gasteiger charge is 2.28. The van der Waals surface area contributed by atoms with Crippen LogP contribution in [0.4, 0.5) is 5.69 Å².